The lowest BCUT2D eigenvalue weighted by atomic mass is 9.85. The molecule has 0 saturated carbocycles. The Bertz CT molecular complexity index is 499. The quantitative estimate of drug-likeness (QED) is 0.667. The van der Waals surface area contributed by atoms with Crippen LogP contribution in [0.25, 0.3) is 0 Å². The molecule has 5 nitrogen and oxygen atoms in total. The first kappa shape index (κ1) is 14.0. The lowest BCUT2D eigenvalue weighted by molar-refractivity contribution is -0.188. The van der Waals surface area contributed by atoms with Gasteiger partial charge in [-0.1, -0.05) is 34.1 Å². The molecule has 1 amide bonds. The van der Waals surface area contributed by atoms with E-state index >= 15 is 0 Å². The van der Waals surface area contributed by atoms with Crippen molar-refractivity contribution in [2.75, 3.05) is 20.3 Å². The van der Waals surface area contributed by atoms with E-state index in [1.165, 1.54) is 7.11 Å². The normalized spacial score (nSPS) is 16.3. The Kier molecular flexibility index (Phi) is 4.21. The molecule has 1 heterocycles. The predicted octanol–water partition coefficient (Wildman–Crippen LogP) is 1.25. The molecule has 1 aromatic rings. The molecule has 1 N–H and O–H groups in total. The summed E-state index contributed by atoms with van der Waals surface area (Å²) in [5.74, 6) is -0.912. The van der Waals surface area contributed by atoms with Gasteiger partial charge in [-0.15, -0.1) is 0 Å². The minimum Gasteiger partial charge on any atom is -0.468 e. The van der Waals surface area contributed by atoms with Gasteiger partial charge in [-0.2, -0.15) is 0 Å². The van der Waals surface area contributed by atoms with E-state index in [0.29, 0.717) is 6.54 Å². The highest BCUT2D eigenvalue weighted by atomic mass is 79.9. The summed E-state index contributed by atoms with van der Waals surface area (Å²) in [6.07, 6.45) is 0. The average molecular weight is 328 g/mol. The standard InChI is InChI=1S/C13H14BrNO4/c1-18-12(17)13(7-19-8-13)11(16)15-6-9-4-2-3-5-10(9)14/h2-5H,6-8H2,1H3,(H,15,16). The number of carbonyl (C=O) groups excluding carboxylic acids is 2. The molecule has 1 aromatic carbocycles. The molecule has 1 saturated heterocycles. The Morgan fingerprint density at radius 1 is 1.42 bits per heavy atom. The number of nitrogens with one attached hydrogen (secondary N) is 1. The van der Waals surface area contributed by atoms with Crippen molar-refractivity contribution in [3.63, 3.8) is 0 Å². The molecule has 102 valence electrons. The molecule has 1 fully saturated rings. The van der Waals surface area contributed by atoms with Crippen LogP contribution in [0.1, 0.15) is 5.56 Å². The van der Waals surface area contributed by atoms with Crippen LogP contribution in [0.3, 0.4) is 0 Å². The molecular formula is C13H14BrNO4. The second-order valence-corrected chi connectivity index (χ2v) is 5.19. The summed E-state index contributed by atoms with van der Waals surface area (Å²) in [5, 5.41) is 2.75. The van der Waals surface area contributed by atoms with Crippen molar-refractivity contribution in [3.05, 3.63) is 34.3 Å². The van der Waals surface area contributed by atoms with Crippen LogP contribution in [0, 0.1) is 5.41 Å². The molecule has 0 aliphatic carbocycles. The van der Waals surface area contributed by atoms with E-state index in [2.05, 4.69) is 26.0 Å². The largest absolute Gasteiger partial charge is 0.468 e. The van der Waals surface area contributed by atoms with Crippen molar-refractivity contribution < 1.29 is 19.1 Å². The number of ether oxygens (including phenoxy) is 2. The van der Waals surface area contributed by atoms with Crippen LogP contribution in [-0.4, -0.2) is 32.2 Å². The predicted molar refractivity (Wildman–Crippen MR) is 71.3 cm³/mol. The van der Waals surface area contributed by atoms with Gasteiger partial charge in [-0.3, -0.25) is 9.59 Å². The number of esters is 1. The number of methoxy groups -OCH3 is 1. The third kappa shape index (κ3) is 2.64. The zero-order valence-electron chi connectivity index (χ0n) is 10.4. The van der Waals surface area contributed by atoms with Crippen LogP contribution in [0.15, 0.2) is 28.7 Å². The summed E-state index contributed by atoms with van der Waals surface area (Å²) >= 11 is 3.40. The fourth-order valence-electron chi connectivity index (χ4n) is 1.83. The molecule has 0 spiro atoms. The summed E-state index contributed by atoms with van der Waals surface area (Å²) in [6, 6.07) is 7.57. The van der Waals surface area contributed by atoms with E-state index in [1.807, 2.05) is 24.3 Å². The van der Waals surface area contributed by atoms with Gasteiger partial charge in [0.25, 0.3) is 0 Å². The Hall–Kier alpha value is -1.40. The van der Waals surface area contributed by atoms with Gasteiger partial charge in [0.2, 0.25) is 5.91 Å². The second-order valence-electron chi connectivity index (χ2n) is 4.34. The number of benzene rings is 1. The van der Waals surface area contributed by atoms with E-state index in [0.717, 1.165) is 10.0 Å². The van der Waals surface area contributed by atoms with Crippen LogP contribution in [0.4, 0.5) is 0 Å². The van der Waals surface area contributed by atoms with Crippen LogP contribution in [0.2, 0.25) is 0 Å². The van der Waals surface area contributed by atoms with Gasteiger partial charge in [0.05, 0.1) is 20.3 Å². The first-order chi connectivity index (χ1) is 9.10. The van der Waals surface area contributed by atoms with Gasteiger partial charge in [0, 0.05) is 11.0 Å². The van der Waals surface area contributed by atoms with Crippen LogP contribution < -0.4 is 5.32 Å². The van der Waals surface area contributed by atoms with Crippen molar-refractivity contribution in [1.82, 2.24) is 5.32 Å². The molecule has 1 aliphatic heterocycles. The van der Waals surface area contributed by atoms with Gasteiger partial charge in [0.1, 0.15) is 0 Å². The highest BCUT2D eigenvalue weighted by Gasteiger charge is 2.53. The monoisotopic (exact) mass is 327 g/mol. The Labute approximate surface area is 119 Å². The van der Waals surface area contributed by atoms with Gasteiger partial charge < -0.3 is 14.8 Å². The van der Waals surface area contributed by atoms with Crippen molar-refractivity contribution in [1.29, 1.82) is 0 Å². The van der Waals surface area contributed by atoms with E-state index in [4.69, 9.17) is 4.74 Å². The molecule has 0 atom stereocenters. The lowest BCUT2D eigenvalue weighted by Gasteiger charge is -2.36. The molecule has 0 unspecified atom stereocenters. The topological polar surface area (TPSA) is 64.6 Å². The zero-order chi connectivity index (χ0) is 13.9. The lowest BCUT2D eigenvalue weighted by Crippen LogP contribution is -2.59. The summed E-state index contributed by atoms with van der Waals surface area (Å²) in [5.41, 5.74) is -0.244. The SMILES string of the molecule is COC(=O)C1(C(=O)NCc2ccccc2Br)COC1. The van der Waals surface area contributed by atoms with Crippen molar-refractivity contribution >= 4 is 27.8 Å². The molecule has 2 rings (SSSR count). The van der Waals surface area contributed by atoms with Crippen molar-refractivity contribution in [2.24, 2.45) is 5.41 Å². The molecule has 0 radical (unpaired) electrons. The first-order valence-corrected chi connectivity index (χ1v) is 6.57. The maximum absolute atomic E-state index is 12.1. The van der Waals surface area contributed by atoms with E-state index in [-0.39, 0.29) is 19.1 Å². The van der Waals surface area contributed by atoms with Gasteiger partial charge in [-0.25, -0.2) is 0 Å². The number of rotatable bonds is 4. The van der Waals surface area contributed by atoms with Gasteiger partial charge in [-0.05, 0) is 11.6 Å². The summed E-state index contributed by atoms with van der Waals surface area (Å²) in [4.78, 5) is 23.8. The van der Waals surface area contributed by atoms with Crippen LogP contribution >= 0.6 is 15.9 Å². The fourth-order valence-corrected chi connectivity index (χ4v) is 2.25. The summed E-state index contributed by atoms with van der Waals surface area (Å²) < 4.78 is 10.6. The minimum atomic E-state index is -1.18. The highest BCUT2D eigenvalue weighted by Crippen LogP contribution is 2.29. The third-order valence-corrected chi connectivity index (χ3v) is 3.88. The third-order valence-electron chi connectivity index (χ3n) is 3.10. The number of hydrogen-bond acceptors (Lipinski definition) is 4. The molecule has 19 heavy (non-hydrogen) atoms. The van der Waals surface area contributed by atoms with Gasteiger partial charge >= 0.3 is 5.97 Å². The van der Waals surface area contributed by atoms with Crippen LogP contribution in [0.5, 0.6) is 0 Å². The highest BCUT2D eigenvalue weighted by molar-refractivity contribution is 9.10. The Balaban J connectivity index is 2.02. The smallest absolute Gasteiger partial charge is 0.326 e. The molecule has 0 aromatic heterocycles. The summed E-state index contributed by atoms with van der Waals surface area (Å²) in [6.45, 7) is 0.488. The van der Waals surface area contributed by atoms with E-state index in [1.54, 1.807) is 0 Å². The zero-order valence-corrected chi connectivity index (χ0v) is 12.0. The molecule has 6 heteroatoms. The number of carbonyl (C=O) groups is 2. The fraction of sp³-hybridized carbons (Fsp3) is 0.385. The van der Waals surface area contributed by atoms with E-state index < -0.39 is 11.4 Å². The molecule has 1 aliphatic rings. The molecule has 0 bridgehead atoms. The number of hydrogen-bond donors (Lipinski definition) is 1. The van der Waals surface area contributed by atoms with Crippen LogP contribution in [-0.2, 0) is 25.6 Å². The van der Waals surface area contributed by atoms with Crippen molar-refractivity contribution in [2.45, 2.75) is 6.54 Å². The minimum absolute atomic E-state index is 0.0709. The Morgan fingerprint density at radius 3 is 2.63 bits per heavy atom. The number of amides is 1. The average Bonchev–Trinajstić information content (AvgIpc) is 2.36. The van der Waals surface area contributed by atoms with E-state index in [9.17, 15) is 9.59 Å². The second kappa shape index (κ2) is 5.71. The number of halogens is 1. The first-order valence-electron chi connectivity index (χ1n) is 5.78. The maximum atomic E-state index is 12.1. The Morgan fingerprint density at radius 2 is 2.11 bits per heavy atom. The van der Waals surface area contributed by atoms with Gasteiger partial charge in [0.15, 0.2) is 5.41 Å². The summed E-state index contributed by atoms with van der Waals surface area (Å²) in [7, 11) is 1.27. The molecular weight excluding hydrogens is 314 g/mol. The maximum Gasteiger partial charge on any atom is 0.326 e. The van der Waals surface area contributed by atoms with Crippen molar-refractivity contribution in [3.8, 4) is 0 Å².